The van der Waals surface area contributed by atoms with Crippen molar-refractivity contribution >= 4 is 23.4 Å². The Balaban J connectivity index is 2.75. The monoisotopic (exact) mass is 267 g/mol. The largest absolute Gasteiger partial charge is 0.459 e. The molecular formula is C14H21NO2S. The van der Waals surface area contributed by atoms with Crippen LogP contribution in [0.25, 0.3) is 0 Å². The minimum atomic E-state index is -0.622. The number of hydrogen-bond acceptors (Lipinski definition) is 4. The third kappa shape index (κ3) is 4.61. The summed E-state index contributed by atoms with van der Waals surface area (Å²) in [5.74, 6) is -0.211. The smallest absolute Gasteiger partial charge is 0.322 e. The van der Waals surface area contributed by atoms with Crippen LogP contribution in [0.3, 0.4) is 0 Å². The van der Waals surface area contributed by atoms with Gasteiger partial charge in [0.25, 0.3) is 0 Å². The molecule has 0 unspecified atom stereocenters. The molecule has 0 bridgehead atoms. The fourth-order valence-electron chi connectivity index (χ4n) is 1.27. The van der Waals surface area contributed by atoms with E-state index >= 15 is 0 Å². The fraction of sp³-hybridized carbons (Fsp3) is 0.500. The summed E-state index contributed by atoms with van der Waals surface area (Å²) in [5, 5.41) is 0. The first-order chi connectivity index (χ1) is 8.10. The lowest BCUT2D eigenvalue weighted by molar-refractivity contribution is -0.156. The van der Waals surface area contributed by atoms with Gasteiger partial charge in [-0.15, -0.1) is 11.8 Å². The molecule has 0 heterocycles. The SMILES string of the molecule is CC(C)(C)OC(=O)C(C)(C)Sc1ccc(N)cc1. The van der Waals surface area contributed by atoms with Crippen molar-refractivity contribution in [1.82, 2.24) is 0 Å². The first kappa shape index (κ1) is 14.9. The number of nitrogens with two attached hydrogens (primary N) is 1. The van der Waals surface area contributed by atoms with Crippen molar-refractivity contribution in [2.45, 2.75) is 49.9 Å². The van der Waals surface area contributed by atoms with E-state index in [1.165, 1.54) is 11.8 Å². The van der Waals surface area contributed by atoms with Crippen LogP contribution in [0.1, 0.15) is 34.6 Å². The molecule has 100 valence electrons. The summed E-state index contributed by atoms with van der Waals surface area (Å²) in [6.45, 7) is 9.34. The van der Waals surface area contributed by atoms with Crippen molar-refractivity contribution < 1.29 is 9.53 Å². The summed E-state index contributed by atoms with van der Waals surface area (Å²) in [7, 11) is 0. The Kier molecular flexibility index (Phi) is 4.32. The molecule has 0 radical (unpaired) electrons. The molecule has 0 atom stereocenters. The molecule has 2 N–H and O–H groups in total. The lowest BCUT2D eigenvalue weighted by atomic mass is 10.1. The molecule has 18 heavy (non-hydrogen) atoms. The van der Waals surface area contributed by atoms with Crippen LogP contribution in [0.5, 0.6) is 0 Å². The summed E-state index contributed by atoms with van der Waals surface area (Å²) in [4.78, 5) is 13.1. The normalized spacial score (nSPS) is 12.3. The zero-order valence-electron chi connectivity index (χ0n) is 11.6. The third-order valence-corrected chi connectivity index (χ3v) is 3.33. The Hall–Kier alpha value is -1.16. The standard InChI is InChI=1S/C14H21NO2S/c1-13(2,3)17-12(16)14(4,5)18-11-8-6-10(15)7-9-11/h6-9H,15H2,1-5H3. The van der Waals surface area contributed by atoms with E-state index < -0.39 is 10.3 Å². The predicted molar refractivity (Wildman–Crippen MR) is 76.6 cm³/mol. The van der Waals surface area contributed by atoms with Gasteiger partial charge in [0.05, 0.1) is 0 Å². The van der Waals surface area contributed by atoms with E-state index in [1.807, 2.05) is 58.9 Å². The average Bonchev–Trinajstić information content (AvgIpc) is 2.18. The first-order valence-electron chi connectivity index (χ1n) is 5.88. The van der Waals surface area contributed by atoms with Crippen molar-refractivity contribution in [2.24, 2.45) is 0 Å². The van der Waals surface area contributed by atoms with Gasteiger partial charge in [0.1, 0.15) is 10.3 Å². The summed E-state index contributed by atoms with van der Waals surface area (Å²) >= 11 is 1.47. The highest BCUT2D eigenvalue weighted by atomic mass is 32.2. The maximum absolute atomic E-state index is 12.1. The Labute approximate surface area is 113 Å². The summed E-state index contributed by atoms with van der Waals surface area (Å²) < 4.78 is 4.79. The second-order valence-electron chi connectivity index (χ2n) is 5.68. The lowest BCUT2D eigenvalue weighted by Crippen LogP contribution is -2.36. The predicted octanol–water partition coefficient (Wildman–Crippen LogP) is 3.48. The summed E-state index contributed by atoms with van der Waals surface area (Å²) in [6.07, 6.45) is 0. The third-order valence-electron chi connectivity index (χ3n) is 2.14. The number of esters is 1. The van der Waals surface area contributed by atoms with E-state index in [9.17, 15) is 4.79 Å². The molecule has 1 aromatic carbocycles. The van der Waals surface area contributed by atoms with Gasteiger partial charge in [0.15, 0.2) is 0 Å². The Morgan fingerprint density at radius 1 is 1.11 bits per heavy atom. The van der Waals surface area contributed by atoms with Crippen molar-refractivity contribution in [2.75, 3.05) is 5.73 Å². The van der Waals surface area contributed by atoms with Gasteiger partial charge < -0.3 is 10.5 Å². The number of benzene rings is 1. The van der Waals surface area contributed by atoms with Crippen molar-refractivity contribution in [1.29, 1.82) is 0 Å². The Morgan fingerprint density at radius 2 is 1.61 bits per heavy atom. The summed E-state index contributed by atoms with van der Waals surface area (Å²) in [6, 6.07) is 7.47. The number of carbonyl (C=O) groups is 1. The van der Waals surface area contributed by atoms with E-state index in [4.69, 9.17) is 10.5 Å². The van der Waals surface area contributed by atoms with Crippen LogP contribution >= 0.6 is 11.8 Å². The number of nitrogen functional groups attached to an aromatic ring is 1. The maximum Gasteiger partial charge on any atom is 0.322 e. The molecule has 0 aliphatic carbocycles. The number of thioether (sulfide) groups is 1. The molecule has 1 aromatic rings. The van der Waals surface area contributed by atoms with Crippen molar-refractivity contribution in [3.63, 3.8) is 0 Å². The number of hydrogen-bond donors (Lipinski definition) is 1. The van der Waals surface area contributed by atoms with Crippen LogP contribution in [0, 0.1) is 0 Å². The van der Waals surface area contributed by atoms with E-state index in [0.717, 1.165) is 10.6 Å². The molecule has 3 nitrogen and oxygen atoms in total. The molecule has 0 amide bonds. The van der Waals surface area contributed by atoms with Gasteiger partial charge in [-0.25, -0.2) is 0 Å². The second kappa shape index (κ2) is 5.22. The Morgan fingerprint density at radius 3 is 2.06 bits per heavy atom. The van der Waals surface area contributed by atoms with Crippen molar-refractivity contribution in [3.8, 4) is 0 Å². The fourth-order valence-corrected chi connectivity index (χ4v) is 2.26. The van der Waals surface area contributed by atoms with Gasteiger partial charge in [-0.3, -0.25) is 4.79 Å². The molecule has 0 aliphatic rings. The van der Waals surface area contributed by atoms with E-state index in [0.29, 0.717) is 0 Å². The maximum atomic E-state index is 12.1. The van der Waals surface area contributed by atoms with Crippen LogP contribution in [0.2, 0.25) is 0 Å². The molecule has 1 rings (SSSR count). The molecule has 0 saturated carbocycles. The molecule has 0 aromatic heterocycles. The van der Waals surface area contributed by atoms with Crippen LogP contribution < -0.4 is 5.73 Å². The van der Waals surface area contributed by atoms with E-state index in [1.54, 1.807) is 0 Å². The minimum Gasteiger partial charge on any atom is -0.459 e. The zero-order valence-corrected chi connectivity index (χ0v) is 12.4. The highest BCUT2D eigenvalue weighted by molar-refractivity contribution is 8.01. The highest BCUT2D eigenvalue weighted by Crippen LogP contribution is 2.34. The minimum absolute atomic E-state index is 0.211. The van der Waals surface area contributed by atoms with Crippen LogP contribution in [0.15, 0.2) is 29.2 Å². The molecule has 4 heteroatoms. The van der Waals surface area contributed by atoms with Gasteiger partial charge in [0.2, 0.25) is 0 Å². The molecule has 0 spiro atoms. The Bertz CT molecular complexity index is 418. The van der Waals surface area contributed by atoms with Gasteiger partial charge in [-0.05, 0) is 58.9 Å². The zero-order chi connectivity index (χ0) is 14.0. The molecule has 0 aliphatic heterocycles. The number of anilines is 1. The second-order valence-corrected chi connectivity index (χ2v) is 7.38. The quantitative estimate of drug-likeness (QED) is 0.517. The van der Waals surface area contributed by atoms with Gasteiger partial charge in [-0.2, -0.15) is 0 Å². The first-order valence-corrected chi connectivity index (χ1v) is 6.70. The highest BCUT2D eigenvalue weighted by Gasteiger charge is 2.33. The topological polar surface area (TPSA) is 52.3 Å². The number of ether oxygens (including phenoxy) is 1. The van der Waals surface area contributed by atoms with E-state index in [-0.39, 0.29) is 5.97 Å². The summed E-state index contributed by atoms with van der Waals surface area (Å²) in [5.41, 5.74) is 5.89. The van der Waals surface area contributed by atoms with Gasteiger partial charge >= 0.3 is 5.97 Å². The molecule has 0 saturated heterocycles. The molecule has 0 fully saturated rings. The van der Waals surface area contributed by atoms with E-state index in [2.05, 4.69) is 0 Å². The number of rotatable bonds is 3. The van der Waals surface area contributed by atoms with Crippen LogP contribution in [-0.4, -0.2) is 16.3 Å². The lowest BCUT2D eigenvalue weighted by Gasteiger charge is -2.28. The molecular weight excluding hydrogens is 246 g/mol. The number of carbonyl (C=O) groups excluding carboxylic acids is 1. The average molecular weight is 267 g/mol. The van der Waals surface area contributed by atoms with Gasteiger partial charge in [-0.1, -0.05) is 0 Å². The van der Waals surface area contributed by atoms with Crippen LogP contribution in [-0.2, 0) is 9.53 Å². The van der Waals surface area contributed by atoms with Gasteiger partial charge in [0, 0.05) is 10.6 Å². The van der Waals surface area contributed by atoms with Crippen molar-refractivity contribution in [3.05, 3.63) is 24.3 Å². The van der Waals surface area contributed by atoms with Crippen LogP contribution in [0.4, 0.5) is 5.69 Å².